The maximum Gasteiger partial charge on any atom is 0.222 e. The Hall–Kier alpha value is -0.580. The number of rotatable bonds is 3. The van der Waals surface area contributed by atoms with Gasteiger partial charge in [0.15, 0.2) is 0 Å². The fourth-order valence-corrected chi connectivity index (χ4v) is 1.96. The van der Waals surface area contributed by atoms with Crippen molar-refractivity contribution < 1.29 is 9.53 Å². The monoisotopic (exact) mass is 304 g/mol. The van der Waals surface area contributed by atoms with Crippen LogP contribution in [0.1, 0.15) is 35.7 Å². The molecule has 0 amide bonds. The first-order chi connectivity index (χ1) is 6.57. The van der Waals surface area contributed by atoms with E-state index in [1.54, 1.807) is 29.7 Å². The third-order valence-corrected chi connectivity index (χ3v) is 2.66. The molecule has 0 saturated carbocycles. The summed E-state index contributed by atoms with van der Waals surface area (Å²) >= 11 is 1.81. The summed E-state index contributed by atoms with van der Waals surface area (Å²) in [6.07, 6.45) is 0. The van der Waals surface area contributed by atoms with Gasteiger partial charge in [-0.2, -0.15) is 0 Å². The van der Waals surface area contributed by atoms with Crippen LogP contribution in [0.3, 0.4) is 0 Å². The van der Waals surface area contributed by atoms with Crippen LogP contribution in [0.2, 0.25) is 0 Å². The fourth-order valence-electron chi connectivity index (χ4n) is 1.49. The Morgan fingerprint density at radius 2 is 2.07 bits per heavy atom. The average Bonchev–Trinajstić information content (AvgIpc) is 2.16. The lowest BCUT2D eigenvalue weighted by Crippen LogP contribution is -2.02. The lowest BCUT2D eigenvalue weighted by atomic mass is 9.97. The Balaban J connectivity index is 3.35. The van der Waals surface area contributed by atoms with E-state index in [1.807, 2.05) is 18.2 Å². The van der Waals surface area contributed by atoms with Crippen LogP contribution < -0.4 is 4.74 Å². The highest BCUT2D eigenvalue weighted by atomic mass is 127. The van der Waals surface area contributed by atoms with E-state index < -0.39 is 0 Å². The van der Waals surface area contributed by atoms with Gasteiger partial charge in [0.25, 0.3) is 0 Å². The van der Waals surface area contributed by atoms with Crippen molar-refractivity contribution in [1.82, 2.24) is 0 Å². The standard InChI is InChI=1S/C11H13IO2/c1-7(2)10-8(11(12)13)5-4-6-9(10)14-3/h4-7H,1-3H3. The van der Waals surface area contributed by atoms with Gasteiger partial charge in [-0.1, -0.05) is 26.0 Å². The summed E-state index contributed by atoms with van der Waals surface area (Å²) in [5.41, 5.74) is 1.74. The molecule has 1 aromatic carbocycles. The maximum absolute atomic E-state index is 11.4. The molecule has 0 radical (unpaired) electrons. The molecule has 14 heavy (non-hydrogen) atoms. The molecule has 0 spiro atoms. The molecule has 0 unspecified atom stereocenters. The lowest BCUT2D eigenvalue weighted by molar-refractivity contribution is 0.110. The summed E-state index contributed by atoms with van der Waals surface area (Å²) in [7, 11) is 1.63. The van der Waals surface area contributed by atoms with Crippen molar-refractivity contribution in [1.29, 1.82) is 0 Å². The SMILES string of the molecule is COc1cccc(C(=O)I)c1C(C)C. The largest absolute Gasteiger partial charge is 0.496 e. The van der Waals surface area contributed by atoms with Gasteiger partial charge in [-0.25, -0.2) is 0 Å². The van der Waals surface area contributed by atoms with E-state index in [0.29, 0.717) is 5.92 Å². The van der Waals surface area contributed by atoms with Crippen molar-refractivity contribution in [2.75, 3.05) is 7.11 Å². The topological polar surface area (TPSA) is 26.3 Å². The summed E-state index contributed by atoms with van der Waals surface area (Å²) in [4.78, 5) is 11.4. The first-order valence-corrected chi connectivity index (χ1v) is 5.52. The van der Waals surface area contributed by atoms with Crippen molar-refractivity contribution in [3.63, 3.8) is 0 Å². The first-order valence-electron chi connectivity index (χ1n) is 4.44. The van der Waals surface area contributed by atoms with Crippen molar-refractivity contribution >= 4 is 26.4 Å². The van der Waals surface area contributed by atoms with Crippen LogP contribution in [0.4, 0.5) is 0 Å². The van der Waals surface area contributed by atoms with Crippen LogP contribution >= 0.6 is 22.6 Å². The van der Waals surface area contributed by atoms with E-state index in [1.165, 1.54) is 0 Å². The Bertz CT molecular complexity index is 345. The second kappa shape index (κ2) is 4.77. The Kier molecular flexibility index (Phi) is 3.92. The third-order valence-electron chi connectivity index (χ3n) is 2.08. The van der Waals surface area contributed by atoms with Gasteiger partial charge in [0, 0.05) is 33.7 Å². The van der Waals surface area contributed by atoms with Crippen LogP contribution in [-0.2, 0) is 0 Å². The fraction of sp³-hybridized carbons (Fsp3) is 0.364. The van der Waals surface area contributed by atoms with Crippen molar-refractivity contribution in [3.8, 4) is 5.75 Å². The summed E-state index contributed by atoms with van der Waals surface area (Å²) in [6, 6.07) is 5.57. The van der Waals surface area contributed by atoms with E-state index in [9.17, 15) is 4.79 Å². The Morgan fingerprint density at radius 1 is 1.43 bits per heavy atom. The zero-order valence-corrected chi connectivity index (χ0v) is 10.7. The van der Waals surface area contributed by atoms with Gasteiger partial charge in [-0.15, -0.1) is 0 Å². The van der Waals surface area contributed by atoms with E-state index in [2.05, 4.69) is 13.8 Å². The van der Waals surface area contributed by atoms with Gasteiger partial charge in [0.2, 0.25) is 3.79 Å². The Morgan fingerprint density at radius 3 is 2.50 bits per heavy atom. The minimum atomic E-state index is 0.0604. The molecule has 0 saturated heterocycles. The normalized spacial score (nSPS) is 10.4. The summed E-state index contributed by atoms with van der Waals surface area (Å²) in [5.74, 6) is 1.09. The molecule has 0 N–H and O–H groups in total. The minimum absolute atomic E-state index is 0.0604. The van der Waals surface area contributed by atoms with Gasteiger partial charge in [0.05, 0.1) is 7.11 Å². The molecule has 0 atom stereocenters. The molecule has 0 aliphatic rings. The van der Waals surface area contributed by atoms with Crippen molar-refractivity contribution in [3.05, 3.63) is 29.3 Å². The highest BCUT2D eigenvalue weighted by molar-refractivity contribution is 14.1. The van der Waals surface area contributed by atoms with Gasteiger partial charge in [-0.3, -0.25) is 4.79 Å². The highest BCUT2D eigenvalue weighted by Gasteiger charge is 2.15. The molecule has 0 heterocycles. The number of ether oxygens (including phenoxy) is 1. The summed E-state index contributed by atoms with van der Waals surface area (Å²) < 4.78 is 5.30. The molecular formula is C11H13IO2. The molecule has 2 nitrogen and oxygen atoms in total. The molecule has 0 aliphatic carbocycles. The Labute approximate surface area is 97.8 Å². The average molecular weight is 304 g/mol. The van der Waals surface area contributed by atoms with Gasteiger partial charge < -0.3 is 4.74 Å². The van der Waals surface area contributed by atoms with E-state index in [4.69, 9.17) is 4.74 Å². The number of benzene rings is 1. The predicted octanol–water partition coefficient (Wildman–Crippen LogP) is 3.39. The molecule has 76 valence electrons. The number of methoxy groups -OCH3 is 1. The molecule has 1 aromatic rings. The summed E-state index contributed by atoms with van der Waals surface area (Å²) in [5, 5.41) is 0. The van der Waals surface area contributed by atoms with Crippen LogP contribution in [0.25, 0.3) is 0 Å². The van der Waals surface area contributed by atoms with Crippen molar-refractivity contribution in [2.45, 2.75) is 19.8 Å². The minimum Gasteiger partial charge on any atom is -0.496 e. The molecule has 0 fully saturated rings. The molecule has 0 aliphatic heterocycles. The van der Waals surface area contributed by atoms with E-state index in [0.717, 1.165) is 16.9 Å². The molecular weight excluding hydrogens is 291 g/mol. The number of halogens is 1. The number of hydrogen-bond donors (Lipinski definition) is 0. The molecule has 1 rings (SSSR count). The van der Waals surface area contributed by atoms with Gasteiger partial charge >= 0.3 is 0 Å². The van der Waals surface area contributed by atoms with E-state index in [-0.39, 0.29) is 3.79 Å². The smallest absolute Gasteiger partial charge is 0.222 e. The second-order valence-corrected chi connectivity index (χ2v) is 4.33. The quantitative estimate of drug-likeness (QED) is 0.632. The van der Waals surface area contributed by atoms with E-state index >= 15 is 0 Å². The maximum atomic E-state index is 11.4. The second-order valence-electron chi connectivity index (χ2n) is 3.35. The number of carbonyl (C=O) groups is 1. The highest BCUT2D eigenvalue weighted by Crippen LogP contribution is 2.30. The third kappa shape index (κ3) is 2.26. The first kappa shape index (κ1) is 11.5. The predicted molar refractivity (Wildman–Crippen MR) is 65.4 cm³/mol. The van der Waals surface area contributed by atoms with Gasteiger partial charge in [-0.05, 0) is 12.0 Å². The van der Waals surface area contributed by atoms with Crippen LogP contribution in [-0.4, -0.2) is 10.9 Å². The number of carbonyl (C=O) groups excluding carboxylic acids is 1. The molecule has 3 heteroatoms. The lowest BCUT2D eigenvalue weighted by Gasteiger charge is -2.14. The van der Waals surface area contributed by atoms with Crippen LogP contribution in [0, 0.1) is 0 Å². The van der Waals surface area contributed by atoms with Crippen LogP contribution in [0.5, 0.6) is 5.75 Å². The number of hydrogen-bond acceptors (Lipinski definition) is 2. The molecule has 0 aromatic heterocycles. The van der Waals surface area contributed by atoms with Gasteiger partial charge in [0.1, 0.15) is 5.75 Å². The van der Waals surface area contributed by atoms with Crippen molar-refractivity contribution in [2.24, 2.45) is 0 Å². The molecule has 0 bridgehead atoms. The van der Waals surface area contributed by atoms with Crippen LogP contribution in [0.15, 0.2) is 18.2 Å². The zero-order valence-electron chi connectivity index (χ0n) is 8.50. The summed E-state index contributed by atoms with van der Waals surface area (Å²) in [6.45, 7) is 4.11. The zero-order chi connectivity index (χ0) is 10.7.